The Morgan fingerprint density at radius 3 is 3.13 bits per heavy atom. The van der Waals surface area contributed by atoms with Crippen LogP contribution in [-0.2, 0) is 0 Å². The number of nitrogens with zero attached hydrogens (tertiary/aromatic N) is 3. The molecular weight excluding hydrogens is 192 g/mol. The lowest BCUT2D eigenvalue weighted by Crippen LogP contribution is -2.04. The van der Waals surface area contributed by atoms with Crippen LogP contribution in [0.4, 0.5) is 5.82 Å². The van der Waals surface area contributed by atoms with Crippen molar-refractivity contribution < 1.29 is 5.11 Å². The highest BCUT2D eigenvalue weighted by atomic mass is 16.2. The number of aliphatic hydroxyl groups excluding tert-OH is 1. The number of anilines is 1. The number of nitrogens with one attached hydrogen (secondary N) is 1. The average Bonchev–Trinajstić information content (AvgIpc) is 2.71. The van der Waals surface area contributed by atoms with Crippen molar-refractivity contribution in [2.75, 3.05) is 18.5 Å². The summed E-state index contributed by atoms with van der Waals surface area (Å²) in [6.07, 6.45) is 5.36. The van der Waals surface area contributed by atoms with Crippen LogP contribution in [0.25, 0.3) is 5.65 Å². The molecular formula is C10H14N4O. The first-order chi connectivity index (χ1) is 7.40. The summed E-state index contributed by atoms with van der Waals surface area (Å²) >= 11 is 0. The van der Waals surface area contributed by atoms with E-state index in [9.17, 15) is 0 Å². The van der Waals surface area contributed by atoms with Crippen molar-refractivity contribution in [1.29, 1.82) is 0 Å². The van der Waals surface area contributed by atoms with E-state index in [2.05, 4.69) is 15.4 Å². The summed E-state index contributed by atoms with van der Waals surface area (Å²) in [6, 6.07) is 3.75. The number of aliphatic hydroxyl groups is 1. The van der Waals surface area contributed by atoms with Gasteiger partial charge in [-0.1, -0.05) is 0 Å². The van der Waals surface area contributed by atoms with Gasteiger partial charge in [-0.25, -0.2) is 9.50 Å². The Morgan fingerprint density at radius 1 is 1.33 bits per heavy atom. The van der Waals surface area contributed by atoms with Gasteiger partial charge in [0, 0.05) is 25.4 Å². The Bertz CT molecular complexity index is 426. The minimum Gasteiger partial charge on any atom is -0.396 e. The predicted octanol–water partition coefficient (Wildman–Crippen LogP) is 0.914. The predicted molar refractivity (Wildman–Crippen MR) is 57.8 cm³/mol. The largest absolute Gasteiger partial charge is 0.396 e. The van der Waals surface area contributed by atoms with Crippen LogP contribution in [-0.4, -0.2) is 32.9 Å². The van der Waals surface area contributed by atoms with Gasteiger partial charge in [-0.2, -0.15) is 5.10 Å². The van der Waals surface area contributed by atoms with E-state index in [-0.39, 0.29) is 6.61 Å². The van der Waals surface area contributed by atoms with Gasteiger partial charge in [0.15, 0.2) is 5.65 Å². The molecule has 0 unspecified atom stereocenters. The molecule has 0 saturated carbocycles. The van der Waals surface area contributed by atoms with Crippen LogP contribution >= 0.6 is 0 Å². The third kappa shape index (κ3) is 2.44. The molecule has 0 saturated heterocycles. The smallest absolute Gasteiger partial charge is 0.157 e. The molecule has 80 valence electrons. The second kappa shape index (κ2) is 4.75. The van der Waals surface area contributed by atoms with Crippen molar-refractivity contribution in [2.24, 2.45) is 0 Å². The molecule has 0 radical (unpaired) electrons. The molecule has 0 aliphatic heterocycles. The monoisotopic (exact) mass is 206 g/mol. The number of rotatable bonds is 5. The lowest BCUT2D eigenvalue weighted by Gasteiger charge is -2.04. The molecule has 0 amide bonds. The standard InChI is InChI=1S/C10H14N4O/c15-8-2-1-5-11-9-4-7-14-10(13-9)3-6-12-14/h3-4,6-7,15H,1-2,5,8H2,(H,11,13). The fourth-order valence-corrected chi connectivity index (χ4v) is 1.36. The quantitative estimate of drug-likeness (QED) is 0.714. The summed E-state index contributed by atoms with van der Waals surface area (Å²) < 4.78 is 1.72. The Hall–Kier alpha value is -1.62. The van der Waals surface area contributed by atoms with E-state index >= 15 is 0 Å². The van der Waals surface area contributed by atoms with Crippen LogP contribution in [0.2, 0.25) is 0 Å². The van der Waals surface area contributed by atoms with Crippen LogP contribution in [0.3, 0.4) is 0 Å². The molecule has 0 aliphatic rings. The first-order valence-corrected chi connectivity index (χ1v) is 5.05. The fourth-order valence-electron chi connectivity index (χ4n) is 1.36. The molecule has 2 aromatic rings. The van der Waals surface area contributed by atoms with Gasteiger partial charge >= 0.3 is 0 Å². The van der Waals surface area contributed by atoms with E-state index < -0.39 is 0 Å². The summed E-state index contributed by atoms with van der Waals surface area (Å²) in [5, 5.41) is 15.9. The molecule has 2 rings (SSSR count). The van der Waals surface area contributed by atoms with Gasteiger partial charge in [-0.3, -0.25) is 0 Å². The van der Waals surface area contributed by atoms with E-state index in [1.54, 1.807) is 10.7 Å². The van der Waals surface area contributed by atoms with E-state index in [1.807, 2.05) is 18.3 Å². The zero-order valence-electron chi connectivity index (χ0n) is 8.43. The third-order valence-electron chi connectivity index (χ3n) is 2.15. The Labute approximate surface area is 87.8 Å². The molecule has 5 nitrogen and oxygen atoms in total. The maximum absolute atomic E-state index is 8.62. The van der Waals surface area contributed by atoms with Gasteiger partial charge in [-0.15, -0.1) is 0 Å². The third-order valence-corrected chi connectivity index (χ3v) is 2.15. The van der Waals surface area contributed by atoms with Crippen molar-refractivity contribution in [1.82, 2.24) is 14.6 Å². The number of hydrogen-bond acceptors (Lipinski definition) is 4. The minimum absolute atomic E-state index is 0.247. The summed E-state index contributed by atoms with van der Waals surface area (Å²) in [7, 11) is 0. The van der Waals surface area contributed by atoms with Crippen LogP contribution in [0.5, 0.6) is 0 Å². The van der Waals surface area contributed by atoms with Gasteiger partial charge in [-0.05, 0) is 18.9 Å². The molecule has 0 fully saturated rings. The molecule has 2 heterocycles. The molecule has 0 bridgehead atoms. The molecule has 0 atom stereocenters. The molecule has 0 aromatic carbocycles. The van der Waals surface area contributed by atoms with E-state index in [0.717, 1.165) is 30.9 Å². The Balaban J connectivity index is 1.96. The lowest BCUT2D eigenvalue weighted by atomic mass is 10.3. The molecule has 2 aromatic heterocycles. The van der Waals surface area contributed by atoms with Gasteiger partial charge in [0.1, 0.15) is 5.82 Å². The van der Waals surface area contributed by atoms with Crippen molar-refractivity contribution in [3.05, 3.63) is 24.5 Å². The van der Waals surface area contributed by atoms with Gasteiger partial charge < -0.3 is 10.4 Å². The topological polar surface area (TPSA) is 62.5 Å². The molecule has 0 aliphatic carbocycles. The summed E-state index contributed by atoms with van der Waals surface area (Å²) in [5.41, 5.74) is 0.835. The SMILES string of the molecule is OCCCCNc1ccn2nccc2n1. The van der Waals surface area contributed by atoms with Crippen LogP contribution < -0.4 is 5.32 Å². The van der Waals surface area contributed by atoms with Crippen molar-refractivity contribution in [3.63, 3.8) is 0 Å². The van der Waals surface area contributed by atoms with Crippen LogP contribution in [0, 0.1) is 0 Å². The number of unbranched alkanes of at least 4 members (excludes halogenated alkanes) is 1. The normalized spacial score (nSPS) is 10.7. The van der Waals surface area contributed by atoms with E-state index in [0.29, 0.717) is 0 Å². The highest BCUT2D eigenvalue weighted by Gasteiger charge is 1.97. The van der Waals surface area contributed by atoms with Crippen LogP contribution in [0.15, 0.2) is 24.5 Å². The second-order valence-electron chi connectivity index (χ2n) is 3.30. The first-order valence-electron chi connectivity index (χ1n) is 5.05. The molecule has 0 spiro atoms. The second-order valence-corrected chi connectivity index (χ2v) is 3.30. The number of fused-ring (bicyclic) bond motifs is 1. The van der Waals surface area contributed by atoms with E-state index in [1.165, 1.54) is 0 Å². The van der Waals surface area contributed by atoms with E-state index in [4.69, 9.17) is 5.11 Å². The van der Waals surface area contributed by atoms with Crippen molar-refractivity contribution in [3.8, 4) is 0 Å². The summed E-state index contributed by atoms with van der Waals surface area (Å²) in [5.74, 6) is 0.848. The highest BCUT2D eigenvalue weighted by molar-refractivity contribution is 5.45. The Morgan fingerprint density at radius 2 is 2.27 bits per heavy atom. The van der Waals surface area contributed by atoms with Crippen molar-refractivity contribution in [2.45, 2.75) is 12.8 Å². The molecule has 15 heavy (non-hydrogen) atoms. The highest BCUT2D eigenvalue weighted by Crippen LogP contribution is 2.05. The summed E-state index contributed by atoms with van der Waals surface area (Å²) in [4.78, 5) is 4.36. The fraction of sp³-hybridized carbons (Fsp3) is 0.400. The Kier molecular flexibility index (Phi) is 3.14. The maximum atomic E-state index is 8.62. The van der Waals surface area contributed by atoms with Crippen LogP contribution in [0.1, 0.15) is 12.8 Å². The van der Waals surface area contributed by atoms with Gasteiger partial charge in [0.25, 0.3) is 0 Å². The molecule has 2 N–H and O–H groups in total. The van der Waals surface area contributed by atoms with Crippen molar-refractivity contribution >= 4 is 11.5 Å². The number of hydrogen-bond donors (Lipinski definition) is 2. The van der Waals surface area contributed by atoms with Gasteiger partial charge in [0.05, 0.1) is 6.20 Å². The lowest BCUT2D eigenvalue weighted by molar-refractivity contribution is 0.286. The van der Waals surface area contributed by atoms with Gasteiger partial charge in [0.2, 0.25) is 0 Å². The maximum Gasteiger partial charge on any atom is 0.157 e. The zero-order chi connectivity index (χ0) is 10.5. The average molecular weight is 206 g/mol. The first kappa shape index (κ1) is 9.92. The number of aromatic nitrogens is 3. The zero-order valence-corrected chi connectivity index (χ0v) is 8.43. The molecule has 5 heteroatoms. The minimum atomic E-state index is 0.247. The summed E-state index contributed by atoms with van der Waals surface area (Å²) in [6.45, 7) is 1.08.